The van der Waals surface area contributed by atoms with Crippen molar-refractivity contribution in [3.63, 3.8) is 0 Å². The first-order chi connectivity index (χ1) is 19.4. The van der Waals surface area contributed by atoms with E-state index in [-0.39, 0.29) is 23.6 Å². The van der Waals surface area contributed by atoms with Crippen molar-refractivity contribution in [3.8, 4) is 16.9 Å². The number of nitrogens with one attached hydrogen (secondary N) is 2. The van der Waals surface area contributed by atoms with E-state index in [2.05, 4.69) is 17.6 Å². The highest BCUT2D eigenvalue weighted by atomic mass is 16.3. The fourth-order valence-corrected chi connectivity index (χ4v) is 5.27. The van der Waals surface area contributed by atoms with Gasteiger partial charge < -0.3 is 15.7 Å². The van der Waals surface area contributed by atoms with Crippen molar-refractivity contribution in [2.24, 2.45) is 5.92 Å². The summed E-state index contributed by atoms with van der Waals surface area (Å²) in [6.45, 7) is 6.56. The normalized spacial score (nSPS) is 18.2. The average molecular weight is 537 g/mol. The Balaban J connectivity index is 1.43. The topological polar surface area (TPSA) is 78.4 Å². The number of carbonyl (C=O) groups is 2. The lowest BCUT2D eigenvalue weighted by Crippen LogP contribution is -2.41. The number of hydrogen-bond donors (Lipinski definition) is 3. The van der Waals surface area contributed by atoms with Crippen LogP contribution < -0.4 is 21.1 Å². The van der Waals surface area contributed by atoms with Crippen LogP contribution in [0.15, 0.2) is 72.8 Å². The summed E-state index contributed by atoms with van der Waals surface area (Å²) < 4.78 is 0. The van der Waals surface area contributed by atoms with Gasteiger partial charge in [-0.3, -0.25) is 9.59 Å². The van der Waals surface area contributed by atoms with Gasteiger partial charge in [0.1, 0.15) is 5.75 Å². The van der Waals surface area contributed by atoms with E-state index in [1.54, 1.807) is 12.1 Å². The Kier molecular flexibility index (Phi) is 9.96. The van der Waals surface area contributed by atoms with Gasteiger partial charge in [-0.05, 0) is 90.4 Å². The maximum atomic E-state index is 13.0. The van der Waals surface area contributed by atoms with Crippen LogP contribution in [0.1, 0.15) is 79.2 Å². The lowest BCUT2D eigenvalue weighted by Gasteiger charge is -2.29. The molecule has 2 amide bonds. The molecule has 5 nitrogen and oxygen atoms in total. The van der Waals surface area contributed by atoms with Crippen LogP contribution in [0.25, 0.3) is 23.3 Å². The molecule has 1 fully saturated rings. The predicted octanol–water partition coefficient (Wildman–Crippen LogP) is 5.84. The number of hydrogen-bond acceptors (Lipinski definition) is 3. The molecule has 0 radical (unpaired) electrons. The summed E-state index contributed by atoms with van der Waals surface area (Å²) in [5.74, 6) is 0.504. The molecule has 0 aromatic heterocycles. The molecule has 2 atom stereocenters. The van der Waals surface area contributed by atoms with Crippen LogP contribution in [0.5, 0.6) is 5.75 Å². The predicted molar refractivity (Wildman–Crippen MR) is 163 cm³/mol. The zero-order chi connectivity index (χ0) is 28.5. The van der Waals surface area contributed by atoms with Crippen LogP contribution in [0.2, 0.25) is 0 Å². The van der Waals surface area contributed by atoms with E-state index in [9.17, 15) is 14.7 Å². The maximum absolute atomic E-state index is 13.0. The molecule has 1 aliphatic rings. The molecule has 40 heavy (non-hydrogen) atoms. The Morgan fingerprint density at radius 2 is 1.73 bits per heavy atom. The second-order valence-electron chi connectivity index (χ2n) is 10.6. The van der Waals surface area contributed by atoms with Crippen molar-refractivity contribution in [1.29, 1.82) is 0 Å². The molecule has 0 spiro atoms. The Morgan fingerprint density at radius 1 is 0.950 bits per heavy atom. The number of aromatic hydroxyl groups is 1. The lowest BCUT2D eigenvalue weighted by atomic mass is 9.86. The van der Waals surface area contributed by atoms with Gasteiger partial charge in [-0.1, -0.05) is 75.3 Å². The fraction of sp³-hybridized carbons (Fsp3) is 0.314. The number of phenols is 1. The van der Waals surface area contributed by atoms with Gasteiger partial charge in [0.15, 0.2) is 0 Å². The minimum absolute atomic E-state index is 0.0377. The SMILES string of the molecule is C\C=C/C=c1/cc(-c2cccc(C(=O)NCc3ccc(C(=O)NC4CCCCC4C)cc3)c2)cc(O)/c1=C\CC. The van der Waals surface area contributed by atoms with Crippen LogP contribution in [-0.2, 0) is 6.54 Å². The molecule has 2 unspecified atom stereocenters. The van der Waals surface area contributed by atoms with E-state index in [4.69, 9.17) is 0 Å². The number of carbonyl (C=O) groups excluding carboxylic acids is 2. The number of phenolic OH excluding ortho intramolecular Hbond substituents is 1. The average Bonchev–Trinajstić information content (AvgIpc) is 2.97. The van der Waals surface area contributed by atoms with Gasteiger partial charge in [0, 0.05) is 28.9 Å². The molecule has 3 aromatic rings. The minimum Gasteiger partial charge on any atom is -0.507 e. The first kappa shape index (κ1) is 28.9. The summed E-state index contributed by atoms with van der Waals surface area (Å²) >= 11 is 0. The van der Waals surface area contributed by atoms with Crippen LogP contribution in [0, 0.1) is 5.92 Å². The fourth-order valence-electron chi connectivity index (χ4n) is 5.27. The monoisotopic (exact) mass is 536 g/mol. The third-order valence-corrected chi connectivity index (χ3v) is 7.62. The van der Waals surface area contributed by atoms with Crippen LogP contribution >= 0.6 is 0 Å². The first-order valence-corrected chi connectivity index (χ1v) is 14.3. The molecule has 1 aliphatic carbocycles. The van der Waals surface area contributed by atoms with Gasteiger partial charge in [0.05, 0.1) is 0 Å². The second kappa shape index (κ2) is 13.8. The molecule has 0 heterocycles. The van der Waals surface area contributed by atoms with E-state index in [1.807, 2.05) is 86.7 Å². The largest absolute Gasteiger partial charge is 0.507 e. The van der Waals surface area contributed by atoms with E-state index in [0.29, 0.717) is 23.6 Å². The number of amides is 2. The van der Waals surface area contributed by atoms with Crippen molar-refractivity contribution in [2.75, 3.05) is 0 Å². The van der Waals surface area contributed by atoms with Gasteiger partial charge >= 0.3 is 0 Å². The Bertz CT molecular complexity index is 1490. The second-order valence-corrected chi connectivity index (χ2v) is 10.6. The molecule has 0 bridgehead atoms. The molecule has 208 valence electrons. The summed E-state index contributed by atoms with van der Waals surface area (Å²) in [5.41, 5.74) is 3.79. The molecule has 3 N–H and O–H groups in total. The zero-order valence-corrected chi connectivity index (χ0v) is 23.7. The van der Waals surface area contributed by atoms with E-state index in [1.165, 1.54) is 12.8 Å². The summed E-state index contributed by atoms with van der Waals surface area (Å²) in [6.07, 6.45) is 13.3. The first-order valence-electron chi connectivity index (χ1n) is 14.3. The van der Waals surface area contributed by atoms with Crippen molar-refractivity contribution < 1.29 is 14.7 Å². The summed E-state index contributed by atoms with van der Waals surface area (Å²) in [7, 11) is 0. The Hall–Kier alpha value is -4.12. The van der Waals surface area contributed by atoms with Gasteiger partial charge in [-0.25, -0.2) is 0 Å². The van der Waals surface area contributed by atoms with Gasteiger partial charge in [-0.15, -0.1) is 0 Å². The highest BCUT2D eigenvalue weighted by molar-refractivity contribution is 5.96. The smallest absolute Gasteiger partial charge is 0.251 e. The molecular formula is C35H40N2O3. The zero-order valence-electron chi connectivity index (χ0n) is 23.7. The number of rotatable bonds is 8. The van der Waals surface area contributed by atoms with E-state index >= 15 is 0 Å². The van der Waals surface area contributed by atoms with Crippen molar-refractivity contribution in [3.05, 3.63) is 99.9 Å². The summed E-state index contributed by atoms with van der Waals surface area (Å²) in [6, 6.07) is 18.8. The van der Waals surface area contributed by atoms with Gasteiger partial charge in [0.2, 0.25) is 0 Å². The van der Waals surface area contributed by atoms with Crippen molar-refractivity contribution in [1.82, 2.24) is 10.6 Å². The van der Waals surface area contributed by atoms with Gasteiger partial charge in [0.25, 0.3) is 11.8 Å². The van der Waals surface area contributed by atoms with Gasteiger partial charge in [-0.2, -0.15) is 0 Å². The van der Waals surface area contributed by atoms with E-state index in [0.717, 1.165) is 46.4 Å². The minimum atomic E-state index is -0.184. The number of allylic oxidation sites excluding steroid dienone is 2. The summed E-state index contributed by atoms with van der Waals surface area (Å²) in [5, 5.41) is 18.6. The Labute approximate surface area is 237 Å². The third kappa shape index (κ3) is 7.29. The van der Waals surface area contributed by atoms with Crippen molar-refractivity contribution in [2.45, 2.75) is 65.5 Å². The van der Waals surface area contributed by atoms with Crippen LogP contribution in [0.3, 0.4) is 0 Å². The highest BCUT2D eigenvalue weighted by Crippen LogP contribution is 2.24. The molecule has 0 saturated heterocycles. The lowest BCUT2D eigenvalue weighted by molar-refractivity contribution is 0.0908. The summed E-state index contributed by atoms with van der Waals surface area (Å²) in [4.78, 5) is 25.7. The molecule has 1 saturated carbocycles. The maximum Gasteiger partial charge on any atom is 0.251 e. The van der Waals surface area contributed by atoms with Crippen LogP contribution in [-0.4, -0.2) is 23.0 Å². The molecule has 3 aromatic carbocycles. The molecule has 0 aliphatic heterocycles. The highest BCUT2D eigenvalue weighted by Gasteiger charge is 2.23. The molecule has 5 heteroatoms. The molecule has 4 rings (SSSR count). The van der Waals surface area contributed by atoms with Crippen LogP contribution in [0.4, 0.5) is 0 Å². The Morgan fingerprint density at radius 3 is 2.45 bits per heavy atom. The molecular weight excluding hydrogens is 496 g/mol. The third-order valence-electron chi connectivity index (χ3n) is 7.62. The quantitative estimate of drug-likeness (QED) is 0.338. The van der Waals surface area contributed by atoms with E-state index < -0.39 is 0 Å². The standard InChI is InChI=1S/C35H40N2O3/c1-4-6-12-28-21-30(22-33(38)31(28)10-5-2)27-13-9-14-29(20-27)34(39)36-23-25-16-18-26(19-17-25)35(40)37-32-15-8-7-11-24(32)3/h4,6,9-10,12-14,16-22,24,32,38H,5,7-8,11,15,23H2,1-3H3,(H,36,39)(H,37,40)/b6-4-,28-12-,31-10-. The van der Waals surface area contributed by atoms with Crippen molar-refractivity contribution >= 4 is 24.0 Å². The number of benzene rings is 3.